The Morgan fingerprint density at radius 3 is 2.76 bits per heavy atom. The summed E-state index contributed by atoms with van der Waals surface area (Å²) in [5.74, 6) is -0.322. The molecule has 0 aliphatic carbocycles. The highest BCUT2D eigenvalue weighted by Gasteiger charge is 2.22. The first-order valence-corrected chi connectivity index (χ1v) is 6.62. The predicted molar refractivity (Wildman–Crippen MR) is 78.1 cm³/mol. The van der Waals surface area contributed by atoms with Crippen molar-refractivity contribution >= 4 is 11.6 Å². The van der Waals surface area contributed by atoms with E-state index in [0.29, 0.717) is 23.4 Å². The Morgan fingerprint density at radius 1 is 1.29 bits per heavy atom. The number of carbonyl (C=O) groups excluding carboxylic acids is 1. The molecule has 0 spiro atoms. The van der Waals surface area contributed by atoms with Crippen molar-refractivity contribution in [1.82, 2.24) is 19.9 Å². The fourth-order valence-corrected chi connectivity index (χ4v) is 2.19. The van der Waals surface area contributed by atoms with E-state index in [1.165, 1.54) is 16.8 Å². The molecule has 2 heterocycles. The minimum absolute atomic E-state index is 0.0623. The Morgan fingerprint density at radius 2 is 2.05 bits per heavy atom. The molecule has 0 bridgehead atoms. The minimum Gasteiger partial charge on any atom is -0.493 e. The van der Waals surface area contributed by atoms with Gasteiger partial charge in [0, 0.05) is 24.4 Å². The molecule has 2 N–H and O–H groups in total. The van der Waals surface area contributed by atoms with Gasteiger partial charge in [-0.1, -0.05) is 30.3 Å². The summed E-state index contributed by atoms with van der Waals surface area (Å²) in [6.07, 6.45) is 1.45. The third-order valence-electron chi connectivity index (χ3n) is 3.11. The van der Waals surface area contributed by atoms with Gasteiger partial charge in [-0.25, -0.2) is 4.98 Å². The zero-order valence-electron chi connectivity index (χ0n) is 11.4. The van der Waals surface area contributed by atoms with Gasteiger partial charge in [0.15, 0.2) is 5.65 Å². The van der Waals surface area contributed by atoms with E-state index in [9.17, 15) is 9.90 Å². The van der Waals surface area contributed by atoms with Gasteiger partial charge in [0.05, 0.1) is 0 Å². The molecule has 0 atom stereocenters. The molecule has 0 fully saturated rings. The van der Waals surface area contributed by atoms with Crippen molar-refractivity contribution in [3.63, 3.8) is 0 Å². The predicted octanol–water partition coefficient (Wildman–Crippen LogP) is 1.85. The Kier molecular flexibility index (Phi) is 3.27. The lowest BCUT2D eigenvalue weighted by atomic mass is 10.1. The molecule has 21 heavy (non-hydrogen) atoms. The quantitative estimate of drug-likeness (QED) is 0.768. The van der Waals surface area contributed by atoms with E-state index in [-0.39, 0.29) is 11.8 Å². The minimum atomic E-state index is -0.260. The van der Waals surface area contributed by atoms with E-state index >= 15 is 0 Å². The standard InChI is InChI=1S/C15H14N4O2/c1-2-16-15(21)12-13(10-6-4-3-5-7-10)18-19-11(20)8-9-17-14(12)19/h3-9,20H,2H2,1H3,(H,16,21). The SMILES string of the molecule is CCNC(=O)c1c(-c2ccccc2)nn2c(O)ccnc12. The summed E-state index contributed by atoms with van der Waals surface area (Å²) in [6, 6.07) is 10.8. The van der Waals surface area contributed by atoms with Gasteiger partial charge < -0.3 is 10.4 Å². The van der Waals surface area contributed by atoms with E-state index in [0.717, 1.165) is 5.56 Å². The maximum absolute atomic E-state index is 12.3. The highest BCUT2D eigenvalue weighted by atomic mass is 16.3. The molecule has 0 aliphatic rings. The van der Waals surface area contributed by atoms with Crippen molar-refractivity contribution in [2.75, 3.05) is 6.54 Å². The van der Waals surface area contributed by atoms with Gasteiger partial charge in [-0.05, 0) is 6.92 Å². The molecule has 6 nitrogen and oxygen atoms in total. The third-order valence-corrected chi connectivity index (χ3v) is 3.11. The Balaban J connectivity index is 2.30. The van der Waals surface area contributed by atoms with Crippen LogP contribution < -0.4 is 5.32 Å². The highest BCUT2D eigenvalue weighted by Crippen LogP contribution is 2.27. The van der Waals surface area contributed by atoms with Crippen LogP contribution in [0.1, 0.15) is 17.3 Å². The molecule has 0 aliphatic heterocycles. The maximum atomic E-state index is 12.3. The number of fused-ring (bicyclic) bond motifs is 1. The van der Waals surface area contributed by atoms with Crippen LogP contribution in [0.2, 0.25) is 0 Å². The van der Waals surface area contributed by atoms with Crippen molar-refractivity contribution in [1.29, 1.82) is 0 Å². The summed E-state index contributed by atoms with van der Waals surface area (Å²) in [7, 11) is 0. The number of hydrogen-bond donors (Lipinski definition) is 2. The van der Waals surface area contributed by atoms with Crippen molar-refractivity contribution in [2.24, 2.45) is 0 Å². The number of amides is 1. The second kappa shape index (κ2) is 5.24. The third kappa shape index (κ3) is 2.20. The Hall–Kier alpha value is -2.89. The second-order valence-electron chi connectivity index (χ2n) is 4.49. The monoisotopic (exact) mass is 282 g/mol. The maximum Gasteiger partial charge on any atom is 0.257 e. The molecule has 1 aromatic carbocycles. The van der Waals surface area contributed by atoms with Gasteiger partial charge in [0.25, 0.3) is 5.91 Å². The van der Waals surface area contributed by atoms with Crippen molar-refractivity contribution in [3.05, 3.63) is 48.2 Å². The molecular formula is C15H14N4O2. The summed E-state index contributed by atoms with van der Waals surface area (Å²) < 4.78 is 1.27. The fraction of sp³-hybridized carbons (Fsp3) is 0.133. The van der Waals surface area contributed by atoms with E-state index in [1.54, 1.807) is 0 Å². The normalized spacial score (nSPS) is 10.7. The molecular weight excluding hydrogens is 268 g/mol. The second-order valence-corrected chi connectivity index (χ2v) is 4.49. The number of aromatic nitrogens is 3. The van der Waals surface area contributed by atoms with Crippen LogP contribution in [0.25, 0.3) is 16.9 Å². The first-order chi connectivity index (χ1) is 10.2. The van der Waals surface area contributed by atoms with Gasteiger partial charge >= 0.3 is 0 Å². The molecule has 2 aromatic heterocycles. The van der Waals surface area contributed by atoms with Gasteiger partial charge in [0.2, 0.25) is 5.88 Å². The average Bonchev–Trinajstić information content (AvgIpc) is 2.89. The smallest absolute Gasteiger partial charge is 0.257 e. The number of aromatic hydroxyl groups is 1. The summed E-state index contributed by atoms with van der Waals surface area (Å²) in [5, 5.41) is 17.0. The van der Waals surface area contributed by atoms with E-state index < -0.39 is 0 Å². The first-order valence-electron chi connectivity index (χ1n) is 6.62. The average molecular weight is 282 g/mol. The largest absolute Gasteiger partial charge is 0.493 e. The summed E-state index contributed by atoms with van der Waals surface area (Å²) >= 11 is 0. The number of nitrogens with one attached hydrogen (secondary N) is 1. The molecule has 106 valence electrons. The lowest BCUT2D eigenvalue weighted by molar-refractivity contribution is 0.0958. The Bertz CT molecular complexity index is 796. The Labute approximate surface area is 121 Å². The zero-order valence-corrected chi connectivity index (χ0v) is 11.4. The summed E-state index contributed by atoms with van der Waals surface area (Å²) in [6.45, 7) is 2.35. The zero-order chi connectivity index (χ0) is 14.8. The van der Waals surface area contributed by atoms with Gasteiger partial charge in [-0.2, -0.15) is 9.61 Å². The van der Waals surface area contributed by atoms with Crippen LogP contribution in [0, 0.1) is 0 Å². The molecule has 3 aromatic rings. The van der Waals surface area contributed by atoms with Crippen molar-refractivity contribution < 1.29 is 9.90 Å². The summed E-state index contributed by atoms with van der Waals surface area (Å²) in [4.78, 5) is 16.5. The molecule has 0 unspecified atom stereocenters. The topological polar surface area (TPSA) is 79.5 Å². The van der Waals surface area contributed by atoms with Gasteiger partial charge in [0.1, 0.15) is 11.3 Å². The number of rotatable bonds is 3. The van der Waals surface area contributed by atoms with Crippen LogP contribution in [0.3, 0.4) is 0 Å². The van der Waals surface area contributed by atoms with Gasteiger partial charge in [-0.15, -0.1) is 0 Å². The molecule has 6 heteroatoms. The molecule has 0 radical (unpaired) electrons. The van der Waals surface area contributed by atoms with Crippen LogP contribution in [0.4, 0.5) is 0 Å². The van der Waals surface area contributed by atoms with Crippen LogP contribution in [0.15, 0.2) is 42.6 Å². The number of benzene rings is 1. The van der Waals surface area contributed by atoms with Gasteiger partial charge in [-0.3, -0.25) is 4.79 Å². The highest BCUT2D eigenvalue weighted by molar-refractivity contribution is 6.05. The van der Waals surface area contributed by atoms with E-state index in [2.05, 4.69) is 15.4 Å². The molecule has 0 saturated heterocycles. The van der Waals surface area contributed by atoms with Crippen LogP contribution in [-0.2, 0) is 0 Å². The summed E-state index contributed by atoms with van der Waals surface area (Å²) in [5.41, 5.74) is 1.98. The van der Waals surface area contributed by atoms with Crippen molar-refractivity contribution in [3.8, 4) is 17.1 Å². The lowest BCUT2D eigenvalue weighted by Crippen LogP contribution is -2.23. The van der Waals surface area contributed by atoms with E-state index in [1.807, 2.05) is 37.3 Å². The first kappa shape index (κ1) is 13.1. The van der Waals surface area contributed by atoms with Crippen LogP contribution in [-0.4, -0.2) is 32.2 Å². The molecule has 3 rings (SSSR count). The number of nitrogens with zero attached hydrogens (tertiary/aromatic N) is 3. The molecule has 0 saturated carbocycles. The number of hydrogen-bond acceptors (Lipinski definition) is 4. The van der Waals surface area contributed by atoms with Crippen LogP contribution in [0.5, 0.6) is 5.88 Å². The van der Waals surface area contributed by atoms with E-state index in [4.69, 9.17) is 0 Å². The van der Waals surface area contributed by atoms with Crippen LogP contribution >= 0.6 is 0 Å². The molecule has 1 amide bonds. The van der Waals surface area contributed by atoms with Crippen molar-refractivity contribution in [2.45, 2.75) is 6.92 Å². The fourth-order valence-electron chi connectivity index (χ4n) is 2.19. The number of carbonyl (C=O) groups is 1. The lowest BCUT2D eigenvalue weighted by Gasteiger charge is -2.03.